The van der Waals surface area contributed by atoms with Crippen LogP contribution in [0.5, 0.6) is 0 Å². The molecule has 3 fully saturated rings. The summed E-state index contributed by atoms with van der Waals surface area (Å²) >= 11 is 0. The van der Waals surface area contributed by atoms with Crippen LogP contribution in [0.15, 0.2) is 36.7 Å². The molecule has 77 heavy (non-hydrogen) atoms. The largest absolute Gasteiger partial charge is 0.459 e. The van der Waals surface area contributed by atoms with Crippen LogP contribution in [0, 0.1) is 23.7 Å². The fourth-order valence-electron chi connectivity index (χ4n) is 12.6. The van der Waals surface area contributed by atoms with Gasteiger partial charge in [-0.25, -0.2) is 9.36 Å². The molecule has 436 valence electrons. The van der Waals surface area contributed by atoms with Crippen molar-refractivity contribution >= 4 is 5.97 Å². The number of cyclic esters (lactones) is 1. The maximum Gasteiger partial charge on any atom is 0.309 e. The van der Waals surface area contributed by atoms with Gasteiger partial charge in [0.25, 0.3) is 0 Å². The fraction of sp³-hybridized carbons (Fsp3) is 0.800. The first-order valence-corrected chi connectivity index (χ1v) is 27.5. The van der Waals surface area contributed by atoms with E-state index in [1.165, 1.54) is 14.0 Å². The van der Waals surface area contributed by atoms with Crippen LogP contribution < -0.4 is 0 Å². The summed E-state index contributed by atoms with van der Waals surface area (Å²) in [6.07, 6.45) is -3.93. The van der Waals surface area contributed by atoms with Crippen LogP contribution >= 0.6 is 0 Å². The lowest BCUT2D eigenvalue weighted by atomic mass is 9.68. The summed E-state index contributed by atoms with van der Waals surface area (Å²) in [4.78, 5) is 18.6. The first-order chi connectivity index (χ1) is 36.2. The number of aromatic nitrogens is 6. The van der Waals surface area contributed by atoms with Gasteiger partial charge in [-0.15, -0.1) is 10.2 Å². The predicted octanol–water partition coefficient (Wildman–Crippen LogP) is 2.42. The molecule has 3 saturated heterocycles. The highest BCUT2D eigenvalue weighted by atomic mass is 16.7. The summed E-state index contributed by atoms with van der Waals surface area (Å²) in [7, 11) is 6.85. The normalized spacial score (nSPS) is 38.2. The Morgan fingerprint density at radius 3 is 2.18 bits per heavy atom. The molecule has 22 nitrogen and oxygen atoms in total. The third-order valence-corrected chi connectivity index (χ3v) is 17.3. The number of rotatable bonds is 17. The summed E-state index contributed by atoms with van der Waals surface area (Å²) in [6.45, 7) is 18.4. The van der Waals surface area contributed by atoms with Crippen LogP contribution in [0.2, 0.25) is 0 Å². The van der Waals surface area contributed by atoms with Gasteiger partial charge in [0.05, 0.1) is 71.4 Å². The number of methoxy groups -OCH3 is 2. The second-order valence-corrected chi connectivity index (χ2v) is 23.3. The van der Waals surface area contributed by atoms with Crippen molar-refractivity contribution in [2.24, 2.45) is 23.7 Å². The van der Waals surface area contributed by atoms with Gasteiger partial charge >= 0.3 is 5.97 Å². The quantitative estimate of drug-likeness (QED) is 0.0956. The SMILES string of the molecule is CC[C@H]1OC(=O)[C@H](C)[C@@H](C2C[C@@](C)(OC)[C@@H](O)[C@H](C)O2)[C@H](C)[C@@H](O[C@@H]2O[C@H](C)C[C@H](N(C)CCc3cn([C@H](CO)[C@H](OC)c4ccc(-n5cc(CCO)nn5)cc4)nn3)[C@H]2O)[C@](C)(O)C[C@@H](C)CN(C)[C@H](C)[C@@H](O)[C@]1(C)O. The number of aliphatic hydroxyl groups is 7. The highest BCUT2D eigenvalue weighted by molar-refractivity contribution is 5.73. The van der Waals surface area contributed by atoms with Gasteiger partial charge < -0.3 is 74.0 Å². The van der Waals surface area contributed by atoms with E-state index in [0.29, 0.717) is 43.7 Å². The maximum atomic E-state index is 14.7. The number of aliphatic hydroxyl groups excluding tert-OH is 5. The molecule has 3 aromatic rings. The lowest BCUT2D eigenvalue weighted by Crippen LogP contribution is -2.62. The summed E-state index contributed by atoms with van der Waals surface area (Å²) in [6, 6.07) is 5.87. The molecule has 20 atom stereocenters. The number of benzene rings is 1. The van der Waals surface area contributed by atoms with E-state index in [9.17, 15) is 40.5 Å². The van der Waals surface area contributed by atoms with Gasteiger partial charge in [0, 0.05) is 77.4 Å². The number of carbonyl (C=O) groups is 1. The maximum absolute atomic E-state index is 14.7. The molecule has 0 radical (unpaired) electrons. The average Bonchev–Trinajstić information content (AvgIpc) is 4.08. The van der Waals surface area contributed by atoms with Crippen molar-refractivity contribution in [3.63, 3.8) is 0 Å². The minimum atomic E-state index is -1.83. The second-order valence-electron chi connectivity index (χ2n) is 23.3. The van der Waals surface area contributed by atoms with Gasteiger partial charge in [-0.05, 0) is 104 Å². The minimum absolute atomic E-state index is 0.0249. The molecule has 6 rings (SSSR count). The van der Waals surface area contributed by atoms with Crippen molar-refractivity contribution in [3.05, 3.63) is 53.6 Å². The first-order valence-electron chi connectivity index (χ1n) is 27.5. The molecule has 5 heterocycles. The Hall–Kier alpha value is -3.59. The third-order valence-electron chi connectivity index (χ3n) is 17.3. The summed E-state index contributed by atoms with van der Waals surface area (Å²) in [5.74, 6) is -3.26. The minimum Gasteiger partial charge on any atom is -0.459 e. The Bertz CT molecular complexity index is 2300. The number of ether oxygens (including phenoxy) is 6. The molecule has 0 spiro atoms. The summed E-state index contributed by atoms with van der Waals surface area (Å²) in [5, 5.41) is 97.4. The van der Waals surface area contributed by atoms with Gasteiger partial charge in [0.15, 0.2) is 6.29 Å². The van der Waals surface area contributed by atoms with Gasteiger partial charge in [-0.2, -0.15) is 0 Å². The topological polar surface area (TPSA) is 282 Å². The molecule has 3 aliphatic heterocycles. The number of hydrogen-bond acceptors (Lipinski definition) is 20. The van der Waals surface area contributed by atoms with Crippen molar-refractivity contribution in [1.29, 1.82) is 0 Å². The zero-order valence-electron chi connectivity index (χ0n) is 47.9. The van der Waals surface area contributed by atoms with Crippen molar-refractivity contribution < 1.29 is 69.0 Å². The summed E-state index contributed by atoms with van der Waals surface area (Å²) in [5.41, 5.74) is -1.64. The Kier molecular flexibility index (Phi) is 21.4. The number of likely N-dealkylation sites (N-methyl/N-ethyl adjacent to an activating group) is 2. The van der Waals surface area contributed by atoms with Crippen LogP contribution in [0.25, 0.3) is 5.69 Å². The molecule has 7 N–H and O–H groups in total. The Balaban J connectivity index is 1.25. The van der Waals surface area contributed by atoms with Gasteiger partial charge in [0.1, 0.15) is 42.2 Å². The van der Waals surface area contributed by atoms with E-state index < -0.39 is 114 Å². The van der Waals surface area contributed by atoms with Crippen LogP contribution in [-0.4, -0.2) is 220 Å². The summed E-state index contributed by atoms with van der Waals surface area (Å²) < 4.78 is 41.4. The van der Waals surface area contributed by atoms with E-state index in [0.717, 1.165) is 11.3 Å². The number of carbonyl (C=O) groups excluding carboxylic acids is 1. The number of hydrogen-bond donors (Lipinski definition) is 7. The first kappa shape index (κ1) is 62.6. The smallest absolute Gasteiger partial charge is 0.309 e. The van der Waals surface area contributed by atoms with Crippen molar-refractivity contribution in [2.45, 2.75) is 204 Å². The molecule has 1 unspecified atom stereocenters. The lowest BCUT2D eigenvalue weighted by Gasteiger charge is -2.51. The average molecular weight is 1090 g/mol. The predicted molar refractivity (Wildman–Crippen MR) is 283 cm³/mol. The van der Waals surface area contributed by atoms with E-state index in [1.807, 2.05) is 68.9 Å². The van der Waals surface area contributed by atoms with Crippen LogP contribution in [-0.2, 0) is 46.1 Å². The molecule has 1 aromatic carbocycles. The van der Waals surface area contributed by atoms with Gasteiger partial charge in [-0.3, -0.25) is 4.79 Å². The van der Waals surface area contributed by atoms with E-state index >= 15 is 0 Å². The highest BCUT2D eigenvalue weighted by Gasteiger charge is 2.55. The van der Waals surface area contributed by atoms with Crippen LogP contribution in [0.1, 0.15) is 124 Å². The van der Waals surface area contributed by atoms with E-state index in [2.05, 4.69) is 20.6 Å². The molecule has 2 aromatic heterocycles. The van der Waals surface area contributed by atoms with E-state index in [-0.39, 0.29) is 44.5 Å². The number of nitrogens with zero attached hydrogens (tertiary/aromatic N) is 8. The third kappa shape index (κ3) is 14.1. The fourth-order valence-corrected chi connectivity index (χ4v) is 12.6. The zero-order valence-corrected chi connectivity index (χ0v) is 47.9. The molecule has 0 bridgehead atoms. The molecule has 3 aliphatic rings. The standard InChI is InChI=1S/C55H92N8O14/c1-15-44-55(10,71)48(67)35(6)61(12)27-31(2)25-53(8,70)50(33(4)45(34(5)51(69)76-44)43-26-54(9,73-14)49(68)36(7)75-43)77-52-46(66)41(24-32(3)74-52)60(11)22-20-38-29-63(59-56-38)42(30-65)47(72-13)37-16-18-40(19-17-37)62-28-39(21-23-64)57-58-62/h16-19,28-29,31-36,41-50,52,64-68,70-71H,15,20-27,30H2,1-14H3/t31-,32-,33+,34-,35-,36+,41+,42-,43?,44-,45+,46-,47-,48-,49+,50-,52+,53-,54-,55-/m1/s1. The van der Waals surface area contributed by atoms with Crippen LogP contribution in [0.3, 0.4) is 0 Å². The zero-order chi connectivity index (χ0) is 56.9. The van der Waals surface area contributed by atoms with Crippen molar-refractivity contribution in [2.75, 3.05) is 54.6 Å². The Morgan fingerprint density at radius 2 is 1.56 bits per heavy atom. The van der Waals surface area contributed by atoms with Crippen molar-refractivity contribution in [3.8, 4) is 5.69 Å². The van der Waals surface area contributed by atoms with Gasteiger partial charge in [0.2, 0.25) is 0 Å². The monoisotopic (exact) mass is 1090 g/mol. The molecule has 0 saturated carbocycles. The van der Waals surface area contributed by atoms with E-state index in [1.54, 1.807) is 70.4 Å². The molecule has 22 heteroatoms. The Morgan fingerprint density at radius 1 is 0.896 bits per heavy atom. The molecular formula is C55H92N8O14. The molecular weight excluding hydrogens is 997 g/mol. The lowest BCUT2D eigenvalue weighted by molar-refractivity contribution is -0.302. The molecule has 0 aliphatic carbocycles. The van der Waals surface area contributed by atoms with Crippen molar-refractivity contribution in [1.82, 2.24) is 39.8 Å². The molecule has 0 amide bonds. The van der Waals surface area contributed by atoms with Crippen LogP contribution in [0.4, 0.5) is 0 Å². The highest BCUT2D eigenvalue weighted by Crippen LogP contribution is 2.45. The Labute approximate surface area is 454 Å². The second kappa shape index (κ2) is 26.3. The number of esters is 1. The van der Waals surface area contributed by atoms with Gasteiger partial charge in [-0.1, -0.05) is 50.3 Å². The van der Waals surface area contributed by atoms with E-state index in [4.69, 9.17) is 28.4 Å².